The maximum atomic E-state index is 12.2. The number of amides is 1. The van der Waals surface area contributed by atoms with Gasteiger partial charge in [0.1, 0.15) is 0 Å². The number of likely N-dealkylation sites (tertiary alicyclic amines) is 1. The molecule has 0 aromatic rings. The molecule has 2 N–H and O–H groups in total. The summed E-state index contributed by atoms with van der Waals surface area (Å²) in [6.45, 7) is 11.0. The van der Waals surface area contributed by atoms with E-state index < -0.39 is 0 Å². The van der Waals surface area contributed by atoms with E-state index in [4.69, 9.17) is 5.11 Å². The second kappa shape index (κ2) is 7.85. The summed E-state index contributed by atoms with van der Waals surface area (Å²) >= 11 is 0. The number of hydrogen-bond donors (Lipinski definition) is 2. The molecule has 1 heterocycles. The van der Waals surface area contributed by atoms with Crippen LogP contribution in [0.4, 0.5) is 0 Å². The quantitative estimate of drug-likeness (QED) is 0.769. The third-order valence-corrected chi connectivity index (χ3v) is 3.98. The van der Waals surface area contributed by atoms with Crippen LogP contribution in [0, 0.1) is 17.8 Å². The van der Waals surface area contributed by atoms with Gasteiger partial charge in [0, 0.05) is 25.7 Å². The summed E-state index contributed by atoms with van der Waals surface area (Å²) in [6.07, 6.45) is 1.92. The lowest BCUT2D eigenvalue weighted by Crippen LogP contribution is -2.48. The molecular weight excluding hydrogens is 240 g/mol. The second-order valence-corrected chi connectivity index (χ2v) is 6.49. The molecule has 4 heteroatoms. The highest BCUT2D eigenvalue weighted by atomic mass is 16.3. The first-order valence-electron chi connectivity index (χ1n) is 7.56. The Bertz CT molecular complexity index is 271. The van der Waals surface area contributed by atoms with Crippen LogP contribution >= 0.6 is 0 Å². The van der Waals surface area contributed by atoms with Crippen LogP contribution in [0.5, 0.6) is 0 Å². The fourth-order valence-corrected chi connectivity index (χ4v) is 3.01. The number of nitrogens with zero attached hydrogens (tertiary/aromatic N) is 1. The first kappa shape index (κ1) is 16.4. The monoisotopic (exact) mass is 270 g/mol. The van der Waals surface area contributed by atoms with Gasteiger partial charge in [0.25, 0.3) is 0 Å². The van der Waals surface area contributed by atoms with Crippen LogP contribution in [0.1, 0.15) is 40.5 Å². The Morgan fingerprint density at radius 2 is 1.89 bits per heavy atom. The zero-order chi connectivity index (χ0) is 14.4. The van der Waals surface area contributed by atoms with E-state index in [-0.39, 0.29) is 18.6 Å². The molecule has 4 nitrogen and oxygen atoms in total. The van der Waals surface area contributed by atoms with Crippen LogP contribution in [0.3, 0.4) is 0 Å². The summed E-state index contributed by atoms with van der Waals surface area (Å²) in [5.41, 5.74) is 0. The highest BCUT2D eigenvalue weighted by Gasteiger charge is 2.25. The van der Waals surface area contributed by atoms with Gasteiger partial charge in [-0.1, -0.05) is 27.7 Å². The summed E-state index contributed by atoms with van der Waals surface area (Å²) in [4.78, 5) is 14.2. The molecule has 0 saturated carbocycles. The van der Waals surface area contributed by atoms with Crippen LogP contribution in [-0.4, -0.2) is 48.2 Å². The fourth-order valence-electron chi connectivity index (χ4n) is 3.01. The standard InChI is InChI=1S/C15H30N2O2/c1-11(2)14(5-6-18)16-8-15(19)17-9-12(3)7-13(4)10-17/h11-14,16,18H,5-10H2,1-4H3. The van der Waals surface area contributed by atoms with Crippen LogP contribution in [0.15, 0.2) is 0 Å². The van der Waals surface area contributed by atoms with Gasteiger partial charge in [-0.15, -0.1) is 0 Å². The minimum absolute atomic E-state index is 0.168. The average Bonchev–Trinajstić information content (AvgIpc) is 2.32. The molecule has 19 heavy (non-hydrogen) atoms. The zero-order valence-electron chi connectivity index (χ0n) is 12.9. The molecule has 0 aromatic heterocycles. The average molecular weight is 270 g/mol. The van der Waals surface area contributed by atoms with E-state index in [1.165, 1.54) is 6.42 Å². The van der Waals surface area contributed by atoms with Crippen LogP contribution in [0.2, 0.25) is 0 Å². The Balaban J connectivity index is 2.41. The maximum Gasteiger partial charge on any atom is 0.236 e. The topological polar surface area (TPSA) is 52.6 Å². The molecule has 3 unspecified atom stereocenters. The largest absolute Gasteiger partial charge is 0.396 e. The number of nitrogens with one attached hydrogen (secondary N) is 1. The predicted molar refractivity (Wildman–Crippen MR) is 77.9 cm³/mol. The van der Waals surface area contributed by atoms with Crippen molar-refractivity contribution < 1.29 is 9.90 Å². The summed E-state index contributed by atoms with van der Waals surface area (Å²) in [5, 5.41) is 12.3. The number of rotatable bonds is 6. The Hall–Kier alpha value is -0.610. The first-order chi connectivity index (χ1) is 8.93. The molecule has 0 radical (unpaired) electrons. The Kier molecular flexibility index (Phi) is 6.80. The van der Waals surface area contributed by atoms with Crippen molar-refractivity contribution in [1.82, 2.24) is 10.2 Å². The molecular formula is C15H30N2O2. The summed E-state index contributed by atoms with van der Waals surface area (Å²) in [5.74, 6) is 1.83. The van der Waals surface area contributed by atoms with Gasteiger partial charge in [-0.3, -0.25) is 4.79 Å². The van der Waals surface area contributed by atoms with Crippen molar-refractivity contribution in [1.29, 1.82) is 0 Å². The van der Waals surface area contributed by atoms with Crippen LogP contribution in [-0.2, 0) is 4.79 Å². The lowest BCUT2D eigenvalue weighted by atomic mass is 9.92. The summed E-state index contributed by atoms with van der Waals surface area (Å²) in [6, 6.07) is 0.216. The number of aliphatic hydroxyl groups is 1. The van der Waals surface area contributed by atoms with Gasteiger partial charge < -0.3 is 15.3 Å². The van der Waals surface area contributed by atoms with E-state index in [2.05, 4.69) is 33.0 Å². The first-order valence-corrected chi connectivity index (χ1v) is 7.56. The van der Waals surface area contributed by atoms with E-state index in [1.807, 2.05) is 4.90 Å². The van der Waals surface area contributed by atoms with Gasteiger partial charge in [0.15, 0.2) is 0 Å². The number of aliphatic hydroxyl groups excluding tert-OH is 1. The number of carbonyl (C=O) groups excluding carboxylic acids is 1. The van der Waals surface area contributed by atoms with E-state index in [1.54, 1.807) is 0 Å². The van der Waals surface area contributed by atoms with E-state index in [0.29, 0.717) is 30.7 Å². The lowest BCUT2D eigenvalue weighted by molar-refractivity contribution is -0.133. The minimum atomic E-state index is 0.168. The minimum Gasteiger partial charge on any atom is -0.396 e. The number of piperidine rings is 1. The van der Waals surface area contributed by atoms with Gasteiger partial charge in [-0.25, -0.2) is 0 Å². The SMILES string of the molecule is CC1CC(C)CN(C(=O)CNC(CCO)C(C)C)C1. The second-order valence-electron chi connectivity index (χ2n) is 6.49. The molecule has 0 bridgehead atoms. The molecule has 1 saturated heterocycles. The number of hydrogen-bond acceptors (Lipinski definition) is 3. The van der Waals surface area contributed by atoms with Crippen molar-refractivity contribution in [2.45, 2.75) is 46.6 Å². The predicted octanol–water partition coefficient (Wildman–Crippen LogP) is 1.49. The molecule has 1 rings (SSSR count). The fraction of sp³-hybridized carbons (Fsp3) is 0.933. The van der Waals surface area contributed by atoms with Gasteiger partial charge in [-0.05, 0) is 30.6 Å². The van der Waals surface area contributed by atoms with Crippen molar-refractivity contribution in [3.63, 3.8) is 0 Å². The van der Waals surface area contributed by atoms with E-state index in [9.17, 15) is 4.79 Å². The normalized spacial score (nSPS) is 25.7. The Morgan fingerprint density at radius 1 is 1.32 bits per heavy atom. The van der Waals surface area contributed by atoms with Crippen molar-refractivity contribution in [3.05, 3.63) is 0 Å². The number of carbonyl (C=O) groups is 1. The highest BCUT2D eigenvalue weighted by Crippen LogP contribution is 2.20. The smallest absolute Gasteiger partial charge is 0.236 e. The summed E-state index contributed by atoms with van der Waals surface area (Å²) < 4.78 is 0. The van der Waals surface area contributed by atoms with Gasteiger partial charge in [0.2, 0.25) is 5.91 Å². The van der Waals surface area contributed by atoms with Crippen LogP contribution in [0.25, 0.3) is 0 Å². The third kappa shape index (κ3) is 5.49. The van der Waals surface area contributed by atoms with Gasteiger partial charge in [0.05, 0.1) is 6.54 Å². The third-order valence-electron chi connectivity index (χ3n) is 3.98. The molecule has 1 amide bonds. The Morgan fingerprint density at radius 3 is 2.37 bits per heavy atom. The lowest BCUT2D eigenvalue weighted by Gasteiger charge is -2.35. The molecule has 0 spiro atoms. The van der Waals surface area contributed by atoms with E-state index >= 15 is 0 Å². The Labute approximate surface area is 117 Å². The van der Waals surface area contributed by atoms with Crippen molar-refractivity contribution in [3.8, 4) is 0 Å². The van der Waals surface area contributed by atoms with Crippen LogP contribution < -0.4 is 5.32 Å². The van der Waals surface area contributed by atoms with Gasteiger partial charge >= 0.3 is 0 Å². The molecule has 1 aliphatic heterocycles. The summed E-state index contributed by atoms with van der Waals surface area (Å²) in [7, 11) is 0. The van der Waals surface area contributed by atoms with Crippen molar-refractivity contribution >= 4 is 5.91 Å². The molecule has 3 atom stereocenters. The van der Waals surface area contributed by atoms with E-state index in [0.717, 1.165) is 13.1 Å². The molecule has 0 aromatic carbocycles. The van der Waals surface area contributed by atoms with Crippen molar-refractivity contribution in [2.24, 2.45) is 17.8 Å². The molecule has 0 aliphatic carbocycles. The maximum absolute atomic E-state index is 12.2. The van der Waals surface area contributed by atoms with Crippen molar-refractivity contribution in [2.75, 3.05) is 26.2 Å². The highest BCUT2D eigenvalue weighted by molar-refractivity contribution is 5.78. The zero-order valence-corrected chi connectivity index (χ0v) is 12.9. The molecule has 1 aliphatic rings. The molecule has 112 valence electrons. The molecule has 1 fully saturated rings. The van der Waals surface area contributed by atoms with Gasteiger partial charge in [-0.2, -0.15) is 0 Å².